The summed E-state index contributed by atoms with van der Waals surface area (Å²) in [7, 11) is 0. The van der Waals surface area contributed by atoms with Crippen molar-refractivity contribution in [2.45, 2.75) is 121 Å². The Kier molecular flexibility index (Phi) is 11.7. The summed E-state index contributed by atoms with van der Waals surface area (Å²) in [6.07, 6.45) is 21.0. The van der Waals surface area contributed by atoms with Crippen LogP contribution >= 0.6 is 0 Å². The number of rotatable bonds is 10. The molecule has 0 radical (unpaired) electrons. The Morgan fingerprint density at radius 1 is 0.764 bits per heavy atom. The van der Waals surface area contributed by atoms with E-state index in [-0.39, 0.29) is 35.5 Å². The van der Waals surface area contributed by atoms with Crippen LogP contribution in [-0.2, 0) is 11.2 Å². The van der Waals surface area contributed by atoms with E-state index in [1.165, 1.54) is 18.4 Å². The highest BCUT2D eigenvalue weighted by molar-refractivity contribution is 6.07. The molecule has 4 fully saturated rings. The van der Waals surface area contributed by atoms with Crippen molar-refractivity contribution < 1.29 is 18.8 Å². The minimum Gasteiger partial charge on any atom is -0.451 e. The lowest BCUT2D eigenvalue weighted by atomic mass is 9.82. The van der Waals surface area contributed by atoms with E-state index in [2.05, 4.69) is 39.5 Å². The van der Waals surface area contributed by atoms with Gasteiger partial charge in [-0.25, -0.2) is 0 Å². The maximum absolute atomic E-state index is 13.6. The summed E-state index contributed by atoms with van der Waals surface area (Å²) < 4.78 is 8.18. The van der Waals surface area contributed by atoms with Gasteiger partial charge in [0, 0.05) is 66.2 Å². The van der Waals surface area contributed by atoms with Crippen molar-refractivity contribution >= 4 is 45.3 Å². The van der Waals surface area contributed by atoms with Crippen LogP contribution in [0.25, 0.3) is 21.9 Å². The Balaban J connectivity index is 0.895. The summed E-state index contributed by atoms with van der Waals surface area (Å²) in [5, 5.41) is 14.4. The second-order valence-corrected chi connectivity index (χ2v) is 16.8. The third-order valence-corrected chi connectivity index (χ3v) is 13.3. The zero-order valence-corrected chi connectivity index (χ0v) is 32.5. The fourth-order valence-electron chi connectivity index (χ4n) is 10.1. The molecule has 0 atom stereocenters. The average Bonchev–Trinajstić information content (AvgIpc) is 3.81. The number of aryl methyl sites for hydroxylation is 1. The number of furan rings is 1. The number of piperazine rings is 1. The van der Waals surface area contributed by atoms with E-state index < -0.39 is 0 Å². The molecule has 55 heavy (non-hydrogen) atoms. The zero-order valence-electron chi connectivity index (χ0n) is 32.5. The van der Waals surface area contributed by atoms with E-state index in [1.54, 1.807) is 0 Å². The Morgan fingerprint density at radius 3 is 2.16 bits per heavy atom. The van der Waals surface area contributed by atoms with Gasteiger partial charge in [0.1, 0.15) is 5.58 Å². The van der Waals surface area contributed by atoms with Crippen LogP contribution in [-0.4, -0.2) is 59.9 Å². The first-order valence-corrected chi connectivity index (χ1v) is 21.4. The number of hydrogen-bond donors (Lipinski definition) is 1. The molecule has 8 rings (SSSR count). The monoisotopic (exact) mass is 743 g/mol. The van der Waals surface area contributed by atoms with E-state index in [0.717, 1.165) is 169 Å². The number of amides is 2. The highest BCUT2D eigenvalue weighted by Crippen LogP contribution is 2.41. The van der Waals surface area contributed by atoms with Crippen LogP contribution in [0.2, 0.25) is 0 Å². The van der Waals surface area contributed by atoms with Gasteiger partial charge in [0.2, 0.25) is 11.8 Å². The van der Waals surface area contributed by atoms with Crippen molar-refractivity contribution in [1.82, 2.24) is 14.8 Å². The second-order valence-electron chi connectivity index (χ2n) is 16.8. The third-order valence-electron chi connectivity index (χ3n) is 13.3. The number of aromatic nitrogens is 1. The Bertz CT molecular complexity index is 2050. The number of unbranched alkanes of at least 4 members (excludes halogenated alkanes) is 1. The molecule has 290 valence electrons. The second kappa shape index (κ2) is 17.2. The lowest BCUT2D eigenvalue weighted by molar-refractivity contribution is -0.124. The quantitative estimate of drug-likeness (QED) is 0.127. The standard InChI is InChI=1S/C46H57N5O4/c47-30-32-19-21-40-38(28-32)36(31-51(40)46(54)35-16-8-3-9-17-35)18-10-11-23-49-24-26-50(27-25-49)37-20-22-41-39(29-37)42(33-12-4-1-5-13-33)43(55-41)45(53)48-44(52)34-14-6-2-7-15-34/h19-22,28-29,31,33-35H,1-18,23-27H2,(H,48,52,53). The largest absolute Gasteiger partial charge is 0.451 e. The van der Waals surface area contributed by atoms with Crippen LogP contribution < -0.4 is 10.2 Å². The summed E-state index contributed by atoms with van der Waals surface area (Å²) in [4.78, 5) is 45.3. The van der Waals surface area contributed by atoms with Gasteiger partial charge >= 0.3 is 0 Å². The molecule has 4 aromatic rings. The van der Waals surface area contributed by atoms with Crippen LogP contribution in [0.5, 0.6) is 0 Å². The van der Waals surface area contributed by atoms with Crippen LogP contribution in [0.3, 0.4) is 0 Å². The highest BCUT2D eigenvalue weighted by atomic mass is 16.3. The first-order chi connectivity index (χ1) is 27.0. The predicted octanol–water partition coefficient (Wildman–Crippen LogP) is 9.51. The van der Waals surface area contributed by atoms with Gasteiger partial charge in [-0.2, -0.15) is 5.26 Å². The van der Waals surface area contributed by atoms with E-state index >= 15 is 0 Å². The topological polar surface area (TPSA) is 112 Å². The lowest BCUT2D eigenvalue weighted by Gasteiger charge is -2.36. The minimum atomic E-state index is -0.381. The number of hydrogen-bond acceptors (Lipinski definition) is 7. The van der Waals surface area contributed by atoms with Crippen molar-refractivity contribution in [2.75, 3.05) is 37.6 Å². The first-order valence-electron chi connectivity index (χ1n) is 21.4. The molecule has 0 spiro atoms. The lowest BCUT2D eigenvalue weighted by Crippen LogP contribution is -2.46. The summed E-state index contributed by atoms with van der Waals surface area (Å²) in [6, 6.07) is 14.4. The normalized spacial score (nSPS) is 19.5. The Labute approximate surface area is 325 Å². The molecule has 1 saturated heterocycles. The van der Waals surface area contributed by atoms with Gasteiger partial charge in [-0.05, 0) is 112 Å². The fraction of sp³-hybridized carbons (Fsp3) is 0.565. The van der Waals surface area contributed by atoms with Crippen LogP contribution in [0, 0.1) is 23.2 Å². The molecule has 0 unspecified atom stereocenters. The summed E-state index contributed by atoms with van der Waals surface area (Å²) in [6.45, 7) is 4.85. The molecule has 3 heterocycles. The van der Waals surface area contributed by atoms with Gasteiger partial charge < -0.3 is 9.32 Å². The molecule has 3 aliphatic carbocycles. The maximum atomic E-state index is 13.6. The number of nitrogens with zero attached hydrogens (tertiary/aromatic N) is 4. The van der Waals surface area contributed by atoms with E-state index in [9.17, 15) is 19.6 Å². The Morgan fingerprint density at radius 2 is 1.45 bits per heavy atom. The van der Waals surface area contributed by atoms with Gasteiger partial charge in [0.05, 0.1) is 17.1 Å². The molecular formula is C46H57N5O4. The van der Waals surface area contributed by atoms with Crippen molar-refractivity contribution in [1.29, 1.82) is 5.26 Å². The Hall–Kier alpha value is -4.42. The zero-order chi connectivity index (χ0) is 37.7. The van der Waals surface area contributed by atoms with Crippen molar-refractivity contribution in [3.8, 4) is 6.07 Å². The average molecular weight is 744 g/mol. The minimum absolute atomic E-state index is 0.0834. The number of carbonyl (C=O) groups excluding carboxylic acids is 3. The predicted molar refractivity (Wildman–Crippen MR) is 217 cm³/mol. The molecule has 9 nitrogen and oxygen atoms in total. The highest BCUT2D eigenvalue weighted by Gasteiger charge is 2.31. The van der Waals surface area contributed by atoms with Crippen LogP contribution in [0.15, 0.2) is 47.0 Å². The number of imide groups is 1. The third kappa shape index (κ3) is 8.26. The number of benzene rings is 2. The van der Waals surface area contributed by atoms with E-state index in [1.807, 2.05) is 28.8 Å². The molecule has 9 heteroatoms. The summed E-state index contributed by atoms with van der Waals surface area (Å²) >= 11 is 0. The number of fused-ring (bicyclic) bond motifs is 2. The number of nitrogens with one attached hydrogen (secondary N) is 1. The van der Waals surface area contributed by atoms with Crippen LogP contribution in [0.4, 0.5) is 5.69 Å². The maximum Gasteiger partial charge on any atom is 0.293 e. The first kappa shape index (κ1) is 37.5. The number of anilines is 1. The molecule has 0 bridgehead atoms. The molecule has 4 aliphatic rings. The van der Waals surface area contributed by atoms with Gasteiger partial charge in [0.15, 0.2) is 5.76 Å². The number of carbonyl (C=O) groups is 3. The smallest absolute Gasteiger partial charge is 0.293 e. The van der Waals surface area contributed by atoms with Crippen LogP contribution in [0.1, 0.15) is 147 Å². The van der Waals surface area contributed by atoms with Gasteiger partial charge in [0.25, 0.3) is 5.91 Å². The van der Waals surface area contributed by atoms with Gasteiger partial charge in [-0.1, -0.05) is 57.8 Å². The molecule has 3 saturated carbocycles. The van der Waals surface area contributed by atoms with E-state index in [4.69, 9.17) is 4.42 Å². The SMILES string of the molecule is N#Cc1ccc2c(c1)c(CCCCN1CCN(c3ccc4oc(C(=O)NC(=O)C5CCCCC5)c(C5CCCCC5)c4c3)CC1)cn2C(=O)C1CCCCC1. The molecule has 1 aliphatic heterocycles. The molecule has 2 aromatic carbocycles. The fourth-order valence-corrected chi connectivity index (χ4v) is 10.1. The van der Waals surface area contributed by atoms with Crippen molar-refractivity contribution in [3.63, 3.8) is 0 Å². The van der Waals surface area contributed by atoms with Gasteiger partial charge in [-0.3, -0.25) is 29.2 Å². The van der Waals surface area contributed by atoms with Crippen molar-refractivity contribution in [2.24, 2.45) is 11.8 Å². The molecule has 1 N–H and O–H groups in total. The molecule has 2 amide bonds. The molecular weight excluding hydrogens is 687 g/mol. The number of nitriles is 1. The summed E-state index contributed by atoms with van der Waals surface area (Å²) in [5.74, 6) is 0.282. The van der Waals surface area contributed by atoms with E-state index in [0.29, 0.717) is 11.3 Å². The summed E-state index contributed by atoms with van der Waals surface area (Å²) in [5.41, 5.74) is 5.62. The molecule has 2 aromatic heterocycles. The van der Waals surface area contributed by atoms with Gasteiger partial charge in [-0.15, -0.1) is 0 Å². The van der Waals surface area contributed by atoms with Crippen molar-refractivity contribution in [3.05, 3.63) is 65.0 Å².